The molecule has 3 N–H and O–H groups in total. The highest BCUT2D eigenvalue weighted by atomic mass is 16.1. The Morgan fingerprint density at radius 2 is 2.07 bits per heavy atom. The molecule has 0 radical (unpaired) electrons. The molecule has 0 amide bonds. The summed E-state index contributed by atoms with van der Waals surface area (Å²) in [5.74, 6) is 5.91. The number of nitrogens with two attached hydrogens (primary N) is 1. The minimum Gasteiger partial charge on any atom is -0.353 e. The first-order valence-electron chi connectivity index (χ1n) is 5.18. The third-order valence-corrected chi connectivity index (χ3v) is 1.98. The SMILES string of the molecule is CCCNc1nnc(CCC)c(=O)n1N. The highest BCUT2D eigenvalue weighted by Gasteiger charge is 2.08. The van der Waals surface area contributed by atoms with Crippen molar-refractivity contribution in [3.8, 4) is 0 Å². The molecule has 0 fully saturated rings. The first-order chi connectivity index (χ1) is 7.20. The maximum atomic E-state index is 11.6. The zero-order valence-corrected chi connectivity index (χ0v) is 9.16. The van der Waals surface area contributed by atoms with E-state index in [9.17, 15) is 4.79 Å². The summed E-state index contributed by atoms with van der Waals surface area (Å²) in [6.07, 6.45) is 2.40. The van der Waals surface area contributed by atoms with Crippen molar-refractivity contribution in [3.63, 3.8) is 0 Å². The average molecular weight is 211 g/mol. The molecule has 15 heavy (non-hydrogen) atoms. The van der Waals surface area contributed by atoms with Gasteiger partial charge in [0.05, 0.1) is 0 Å². The van der Waals surface area contributed by atoms with Crippen molar-refractivity contribution >= 4 is 5.95 Å². The summed E-state index contributed by atoms with van der Waals surface area (Å²) in [6.45, 7) is 4.72. The molecule has 0 saturated heterocycles. The van der Waals surface area contributed by atoms with Crippen molar-refractivity contribution in [1.82, 2.24) is 14.9 Å². The van der Waals surface area contributed by atoms with Crippen LogP contribution in [-0.4, -0.2) is 21.4 Å². The first-order valence-corrected chi connectivity index (χ1v) is 5.18. The molecule has 0 aliphatic rings. The monoisotopic (exact) mass is 211 g/mol. The Labute approximate surface area is 88.5 Å². The quantitative estimate of drug-likeness (QED) is 0.676. The van der Waals surface area contributed by atoms with Gasteiger partial charge in [-0.05, 0) is 12.8 Å². The van der Waals surface area contributed by atoms with Gasteiger partial charge in [-0.25, -0.2) is 0 Å². The molecule has 1 rings (SSSR count). The Balaban J connectivity index is 2.94. The smallest absolute Gasteiger partial charge is 0.295 e. The fourth-order valence-corrected chi connectivity index (χ4v) is 1.18. The van der Waals surface area contributed by atoms with Gasteiger partial charge in [0.25, 0.3) is 5.56 Å². The Kier molecular flexibility index (Phi) is 4.08. The summed E-state index contributed by atoms with van der Waals surface area (Å²) < 4.78 is 1.02. The van der Waals surface area contributed by atoms with Crippen molar-refractivity contribution in [3.05, 3.63) is 16.0 Å². The lowest BCUT2D eigenvalue weighted by molar-refractivity contribution is 0.742. The summed E-state index contributed by atoms with van der Waals surface area (Å²) in [7, 11) is 0. The number of rotatable bonds is 5. The zero-order valence-electron chi connectivity index (χ0n) is 9.16. The lowest BCUT2D eigenvalue weighted by Crippen LogP contribution is -2.34. The van der Waals surface area contributed by atoms with E-state index in [1.807, 2.05) is 13.8 Å². The van der Waals surface area contributed by atoms with Crippen LogP contribution in [0.4, 0.5) is 5.95 Å². The summed E-state index contributed by atoms with van der Waals surface area (Å²) in [4.78, 5) is 11.6. The van der Waals surface area contributed by atoms with Crippen LogP contribution < -0.4 is 16.7 Å². The summed E-state index contributed by atoms with van der Waals surface area (Å²) >= 11 is 0. The minimum atomic E-state index is -0.273. The Hall–Kier alpha value is -1.59. The molecular formula is C9H17N5O. The van der Waals surface area contributed by atoms with E-state index in [4.69, 9.17) is 5.84 Å². The third-order valence-electron chi connectivity index (χ3n) is 1.98. The number of nitrogen functional groups attached to an aromatic ring is 1. The molecule has 84 valence electrons. The molecule has 1 aromatic heterocycles. The van der Waals surface area contributed by atoms with Gasteiger partial charge < -0.3 is 11.2 Å². The van der Waals surface area contributed by atoms with Crippen molar-refractivity contribution < 1.29 is 0 Å². The second-order valence-corrected chi connectivity index (χ2v) is 3.32. The number of nitrogens with zero attached hydrogens (tertiary/aromatic N) is 3. The molecule has 1 aromatic rings. The first kappa shape index (κ1) is 11.5. The predicted molar refractivity (Wildman–Crippen MR) is 59.2 cm³/mol. The summed E-state index contributed by atoms with van der Waals surface area (Å²) in [5, 5.41) is 10.7. The number of aryl methyl sites for hydroxylation is 1. The fourth-order valence-electron chi connectivity index (χ4n) is 1.18. The largest absolute Gasteiger partial charge is 0.353 e. The van der Waals surface area contributed by atoms with E-state index in [-0.39, 0.29) is 5.56 Å². The van der Waals surface area contributed by atoms with Gasteiger partial charge >= 0.3 is 0 Å². The molecule has 0 saturated carbocycles. The van der Waals surface area contributed by atoms with Crippen molar-refractivity contribution in [1.29, 1.82) is 0 Å². The van der Waals surface area contributed by atoms with Crippen LogP contribution in [0.5, 0.6) is 0 Å². The van der Waals surface area contributed by atoms with E-state index < -0.39 is 0 Å². The average Bonchev–Trinajstić information content (AvgIpc) is 2.24. The number of aromatic nitrogens is 3. The van der Waals surface area contributed by atoms with Crippen LogP contribution in [0.2, 0.25) is 0 Å². The van der Waals surface area contributed by atoms with Crippen molar-refractivity contribution in [2.45, 2.75) is 33.1 Å². The van der Waals surface area contributed by atoms with Crippen LogP contribution in [0.25, 0.3) is 0 Å². The molecule has 0 aliphatic carbocycles. The third kappa shape index (κ3) is 2.68. The van der Waals surface area contributed by atoms with Crippen molar-refractivity contribution in [2.24, 2.45) is 0 Å². The maximum Gasteiger partial charge on any atom is 0.295 e. The number of nitrogens with one attached hydrogen (secondary N) is 1. The van der Waals surface area contributed by atoms with Gasteiger partial charge in [0.2, 0.25) is 5.95 Å². The number of hydrogen-bond acceptors (Lipinski definition) is 5. The lowest BCUT2D eigenvalue weighted by atomic mass is 10.3. The van der Waals surface area contributed by atoms with E-state index in [2.05, 4.69) is 15.5 Å². The van der Waals surface area contributed by atoms with Crippen molar-refractivity contribution in [2.75, 3.05) is 17.7 Å². The van der Waals surface area contributed by atoms with E-state index in [0.717, 1.165) is 24.1 Å². The topological polar surface area (TPSA) is 85.8 Å². The normalized spacial score (nSPS) is 10.3. The van der Waals surface area contributed by atoms with Gasteiger partial charge in [0.1, 0.15) is 5.69 Å². The van der Waals surface area contributed by atoms with Gasteiger partial charge in [-0.1, -0.05) is 20.3 Å². The van der Waals surface area contributed by atoms with E-state index in [0.29, 0.717) is 18.1 Å². The highest BCUT2D eigenvalue weighted by Crippen LogP contribution is 1.96. The van der Waals surface area contributed by atoms with Crippen LogP contribution >= 0.6 is 0 Å². The van der Waals surface area contributed by atoms with Gasteiger partial charge in [-0.15, -0.1) is 10.2 Å². The van der Waals surface area contributed by atoms with Gasteiger partial charge in [-0.2, -0.15) is 4.68 Å². The molecule has 6 heteroatoms. The van der Waals surface area contributed by atoms with E-state index in [1.165, 1.54) is 0 Å². The standard InChI is InChI=1S/C9H17N5O/c1-3-5-7-8(15)14(10)9(13-12-7)11-6-4-2/h3-6,10H2,1-2H3,(H,11,13). The van der Waals surface area contributed by atoms with E-state index in [1.54, 1.807) is 0 Å². The molecule has 6 nitrogen and oxygen atoms in total. The number of hydrogen-bond donors (Lipinski definition) is 2. The number of anilines is 1. The van der Waals surface area contributed by atoms with Crippen LogP contribution in [-0.2, 0) is 6.42 Å². The zero-order chi connectivity index (χ0) is 11.3. The highest BCUT2D eigenvalue weighted by molar-refractivity contribution is 5.24. The molecule has 0 aliphatic heterocycles. The van der Waals surface area contributed by atoms with Gasteiger partial charge in [0.15, 0.2) is 0 Å². The molecule has 0 atom stereocenters. The summed E-state index contributed by atoms with van der Waals surface area (Å²) in [5.41, 5.74) is 0.146. The van der Waals surface area contributed by atoms with Crippen LogP contribution in [0.3, 0.4) is 0 Å². The Morgan fingerprint density at radius 1 is 1.33 bits per heavy atom. The van der Waals surface area contributed by atoms with Crippen LogP contribution in [0, 0.1) is 0 Å². The van der Waals surface area contributed by atoms with Gasteiger partial charge in [-0.3, -0.25) is 4.79 Å². The molecule has 0 unspecified atom stereocenters. The van der Waals surface area contributed by atoms with Gasteiger partial charge in [0, 0.05) is 6.54 Å². The van der Waals surface area contributed by atoms with E-state index >= 15 is 0 Å². The summed E-state index contributed by atoms with van der Waals surface area (Å²) in [6, 6.07) is 0. The molecular weight excluding hydrogens is 194 g/mol. The fraction of sp³-hybridized carbons (Fsp3) is 0.667. The molecule has 0 aromatic carbocycles. The maximum absolute atomic E-state index is 11.6. The lowest BCUT2D eigenvalue weighted by Gasteiger charge is -2.08. The molecule has 0 spiro atoms. The van der Waals surface area contributed by atoms with Crippen LogP contribution in [0.1, 0.15) is 32.4 Å². The Morgan fingerprint density at radius 3 is 2.67 bits per heavy atom. The van der Waals surface area contributed by atoms with Crippen LogP contribution in [0.15, 0.2) is 4.79 Å². The molecule has 0 bridgehead atoms. The molecule has 1 heterocycles. The Bertz CT molecular complexity index is 373. The second kappa shape index (κ2) is 5.33. The minimum absolute atomic E-state index is 0.273. The second-order valence-electron chi connectivity index (χ2n) is 3.32. The predicted octanol–water partition coefficient (Wildman–Crippen LogP) is 0.126.